The number of ether oxygens (including phenoxy) is 2. The highest BCUT2D eigenvalue weighted by Crippen LogP contribution is 2.28. The first-order valence-corrected chi connectivity index (χ1v) is 10.9. The molecule has 0 aliphatic carbocycles. The van der Waals surface area contributed by atoms with Gasteiger partial charge in [-0.05, 0) is 24.3 Å². The molecule has 0 saturated carbocycles. The zero-order chi connectivity index (χ0) is 21.7. The van der Waals surface area contributed by atoms with Gasteiger partial charge in [0.1, 0.15) is 11.5 Å². The molecule has 0 unspecified atom stereocenters. The molecule has 0 atom stereocenters. The number of hydrogen-bond acceptors (Lipinski definition) is 5. The van der Waals surface area contributed by atoms with Crippen LogP contribution < -0.4 is 9.47 Å². The number of hydrogen-bond donors (Lipinski definition) is 0. The number of methoxy groups -OCH3 is 2. The summed E-state index contributed by atoms with van der Waals surface area (Å²) < 4.78 is 10.5. The van der Waals surface area contributed by atoms with Crippen molar-refractivity contribution in [2.75, 3.05) is 40.4 Å². The summed E-state index contributed by atoms with van der Waals surface area (Å²) in [5.41, 5.74) is 1.25. The van der Waals surface area contributed by atoms with Crippen molar-refractivity contribution in [1.82, 2.24) is 9.80 Å². The molecule has 2 amide bonds. The monoisotopic (exact) mass is 428 g/mol. The summed E-state index contributed by atoms with van der Waals surface area (Å²) in [5.74, 6) is 1.08. The van der Waals surface area contributed by atoms with Gasteiger partial charge in [-0.2, -0.15) is 0 Å². The van der Waals surface area contributed by atoms with Crippen LogP contribution in [0.4, 0.5) is 0 Å². The highest BCUT2D eigenvalue weighted by molar-refractivity contribution is 8.00. The quantitative estimate of drug-likeness (QED) is 0.655. The van der Waals surface area contributed by atoms with E-state index in [9.17, 15) is 9.59 Å². The van der Waals surface area contributed by atoms with E-state index in [1.54, 1.807) is 49.1 Å². The standard InChI is InChI=1S/C23H28N2O4S/c1-16(2)30-21-8-6-5-7-20(21)23(27)25-11-9-24(10-12-25)22(26)17-13-18(28-3)15-19(14-17)29-4/h5-8,13-16H,9-12H2,1-4H3. The molecule has 0 radical (unpaired) electrons. The van der Waals surface area contributed by atoms with Crippen LogP contribution >= 0.6 is 11.8 Å². The Bertz CT molecular complexity index is 886. The summed E-state index contributed by atoms with van der Waals surface area (Å²) >= 11 is 1.69. The van der Waals surface area contributed by atoms with Gasteiger partial charge in [-0.3, -0.25) is 9.59 Å². The lowest BCUT2D eigenvalue weighted by molar-refractivity contribution is 0.0533. The van der Waals surface area contributed by atoms with Crippen molar-refractivity contribution >= 4 is 23.6 Å². The number of nitrogens with zero attached hydrogens (tertiary/aromatic N) is 2. The first kappa shape index (κ1) is 22.0. The summed E-state index contributed by atoms with van der Waals surface area (Å²) in [7, 11) is 3.12. The molecule has 160 valence electrons. The molecule has 2 aromatic carbocycles. The zero-order valence-corrected chi connectivity index (χ0v) is 18.7. The van der Waals surface area contributed by atoms with Crippen LogP contribution in [0.1, 0.15) is 34.6 Å². The SMILES string of the molecule is COc1cc(OC)cc(C(=O)N2CCN(C(=O)c3ccccc3SC(C)C)CC2)c1. The number of benzene rings is 2. The van der Waals surface area contributed by atoms with Crippen molar-refractivity contribution in [2.45, 2.75) is 24.0 Å². The Kier molecular flexibility index (Phi) is 7.26. The average molecular weight is 429 g/mol. The molecule has 0 bridgehead atoms. The van der Waals surface area contributed by atoms with Crippen molar-refractivity contribution in [1.29, 1.82) is 0 Å². The van der Waals surface area contributed by atoms with Gasteiger partial charge in [0.15, 0.2) is 0 Å². The van der Waals surface area contributed by atoms with E-state index in [0.717, 1.165) is 10.5 Å². The molecule has 1 saturated heterocycles. The molecule has 7 heteroatoms. The second-order valence-electron chi connectivity index (χ2n) is 7.35. The van der Waals surface area contributed by atoms with Gasteiger partial charge >= 0.3 is 0 Å². The third kappa shape index (κ3) is 5.08. The van der Waals surface area contributed by atoms with Crippen LogP contribution in [-0.2, 0) is 0 Å². The minimum absolute atomic E-state index is 0.0221. The van der Waals surface area contributed by atoms with Crippen LogP contribution in [-0.4, -0.2) is 67.3 Å². The highest BCUT2D eigenvalue weighted by atomic mass is 32.2. The van der Waals surface area contributed by atoms with Crippen LogP contribution in [0.2, 0.25) is 0 Å². The number of thioether (sulfide) groups is 1. The van der Waals surface area contributed by atoms with Gasteiger partial charge in [0.25, 0.3) is 11.8 Å². The van der Waals surface area contributed by atoms with E-state index >= 15 is 0 Å². The molecule has 1 heterocycles. The maximum absolute atomic E-state index is 13.1. The molecule has 0 spiro atoms. The summed E-state index contributed by atoms with van der Waals surface area (Å²) in [6, 6.07) is 12.9. The molecule has 1 aliphatic rings. The van der Waals surface area contributed by atoms with Gasteiger partial charge in [0, 0.05) is 48.0 Å². The van der Waals surface area contributed by atoms with Gasteiger partial charge < -0.3 is 19.3 Å². The van der Waals surface area contributed by atoms with Gasteiger partial charge in [0.2, 0.25) is 0 Å². The second-order valence-corrected chi connectivity index (χ2v) is 8.97. The topological polar surface area (TPSA) is 59.1 Å². The lowest BCUT2D eigenvalue weighted by Crippen LogP contribution is -2.50. The van der Waals surface area contributed by atoms with Crippen LogP contribution in [0.5, 0.6) is 11.5 Å². The Balaban J connectivity index is 1.68. The Labute approximate surface area is 182 Å². The maximum Gasteiger partial charge on any atom is 0.255 e. The van der Waals surface area contributed by atoms with E-state index in [-0.39, 0.29) is 11.8 Å². The van der Waals surface area contributed by atoms with Gasteiger partial charge in [-0.15, -0.1) is 11.8 Å². The smallest absolute Gasteiger partial charge is 0.255 e. The Morgan fingerprint density at radius 1 is 0.867 bits per heavy atom. The fourth-order valence-electron chi connectivity index (χ4n) is 3.40. The highest BCUT2D eigenvalue weighted by Gasteiger charge is 2.27. The molecule has 30 heavy (non-hydrogen) atoms. The van der Waals surface area contributed by atoms with E-state index in [2.05, 4.69) is 13.8 Å². The van der Waals surface area contributed by atoms with E-state index < -0.39 is 0 Å². The molecule has 2 aromatic rings. The van der Waals surface area contributed by atoms with Crippen LogP contribution in [0.25, 0.3) is 0 Å². The predicted molar refractivity (Wildman–Crippen MR) is 119 cm³/mol. The lowest BCUT2D eigenvalue weighted by Gasteiger charge is -2.35. The Morgan fingerprint density at radius 3 is 1.93 bits per heavy atom. The second kappa shape index (κ2) is 9.89. The summed E-state index contributed by atoms with van der Waals surface area (Å²) in [6.07, 6.45) is 0. The molecular formula is C23H28N2O4S. The third-order valence-corrected chi connectivity index (χ3v) is 6.01. The van der Waals surface area contributed by atoms with E-state index in [1.165, 1.54) is 0 Å². The molecule has 0 aromatic heterocycles. The molecule has 1 aliphatic heterocycles. The van der Waals surface area contributed by atoms with Crippen LogP contribution in [0.3, 0.4) is 0 Å². The lowest BCUT2D eigenvalue weighted by atomic mass is 10.1. The molecule has 6 nitrogen and oxygen atoms in total. The summed E-state index contributed by atoms with van der Waals surface area (Å²) in [4.78, 5) is 30.7. The first-order chi connectivity index (χ1) is 14.4. The van der Waals surface area contributed by atoms with Crippen molar-refractivity contribution < 1.29 is 19.1 Å². The summed E-state index contributed by atoms with van der Waals surface area (Å²) in [5, 5.41) is 0.397. The predicted octanol–water partition coefficient (Wildman–Crippen LogP) is 3.80. The fourth-order valence-corrected chi connectivity index (χ4v) is 4.34. The van der Waals surface area contributed by atoms with Crippen LogP contribution in [0.15, 0.2) is 47.4 Å². The Hall–Kier alpha value is -2.67. The maximum atomic E-state index is 13.1. The van der Waals surface area contributed by atoms with E-state index in [1.807, 2.05) is 29.2 Å². The normalized spacial score (nSPS) is 14.0. The van der Waals surface area contributed by atoms with Gasteiger partial charge in [0.05, 0.1) is 19.8 Å². The van der Waals surface area contributed by atoms with E-state index in [4.69, 9.17) is 9.47 Å². The van der Waals surface area contributed by atoms with Crippen molar-refractivity contribution in [3.63, 3.8) is 0 Å². The number of amides is 2. The molecule has 0 N–H and O–H groups in total. The van der Waals surface area contributed by atoms with E-state index in [0.29, 0.717) is 48.5 Å². The zero-order valence-electron chi connectivity index (χ0n) is 17.9. The molecular weight excluding hydrogens is 400 g/mol. The molecule has 1 fully saturated rings. The Morgan fingerprint density at radius 2 is 1.40 bits per heavy atom. The average Bonchev–Trinajstić information content (AvgIpc) is 2.77. The van der Waals surface area contributed by atoms with Crippen LogP contribution in [0, 0.1) is 0 Å². The number of piperazine rings is 1. The van der Waals surface area contributed by atoms with Gasteiger partial charge in [-0.1, -0.05) is 26.0 Å². The number of carbonyl (C=O) groups excluding carboxylic acids is 2. The largest absolute Gasteiger partial charge is 0.497 e. The fraction of sp³-hybridized carbons (Fsp3) is 0.391. The number of rotatable bonds is 6. The van der Waals surface area contributed by atoms with Gasteiger partial charge in [-0.25, -0.2) is 0 Å². The third-order valence-electron chi connectivity index (χ3n) is 4.93. The van der Waals surface area contributed by atoms with Crippen molar-refractivity contribution in [2.24, 2.45) is 0 Å². The first-order valence-electron chi connectivity index (χ1n) is 10.00. The minimum atomic E-state index is -0.0879. The molecule has 3 rings (SSSR count). The van der Waals surface area contributed by atoms with Crippen molar-refractivity contribution in [3.05, 3.63) is 53.6 Å². The minimum Gasteiger partial charge on any atom is -0.497 e. The summed E-state index contributed by atoms with van der Waals surface area (Å²) in [6.45, 7) is 6.22. The number of carbonyl (C=O) groups is 2. The van der Waals surface area contributed by atoms with Crippen molar-refractivity contribution in [3.8, 4) is 11.5 Å².